The number of carbonyl (C=O) groups is 1. The van der Waals surface area contributed by atoms with Gasteiger partial charge in [-0.25, -0.2) is 13.6 Å². The second-order valence-electron chi connectivity index (χ2n) is 10.3. The van der Waals surface area contributed by atoms with E-state index in [4.69, 9.17) is 4.74 Å². The summed E-state index contributed by atoms with van der Waals surface area (Å²) in [5.41, 5.74) is 0.816. The van der Waals surface area contributed by atoms with E-state index in [-0.39, 0.29) is 30.9 Å². The third-order valence-corrected chi connectivity index (χ3v) is 7.33. The molecule has 5 rings (SSSR count). The van der Waals surface area contributed by atoms with Crippen LogP contribution < -0.4 is 0 Å². The van der Waals surface area contributed by atoms with Crippen molar-refractivity contribution in [3.63, 3.8) is 0 Å². The molecule has 0 bridgehead atoms. The molecule has 0 aliphatic carbocycles. The Hall–Kier alpha value is -3.77. The molecule has 7 nitrogen and oxygen atoms in total. The second-order valence-corrected chi connectivity index (χ2v) is 10.3. The Labute approximate surface area is 206 Å². The summed E-state index contributed by atoms with van der Waals surface area (Å²) in [4.78, 5) is 11.8. The minimum atomic E-state index is -1.32. The molecule has 2 aromatic heterocycles. The first-order chi connectivity index (χ1) is 17.1. The summed E-state index contributed by atoms with van der Waals surface area (Å²) in [5, 5.41) is 27.0. The molecule has 1 fully saturated rings. The van der Waals surface area contributed by atoms with Crippen molar-refractivity contribution >= 4 is 27.8 Å². The van der Waals surface area contributed by atoms with Crippen molar-refractivity contribution in [3.05, 3.63) is 59.4 Å². The van der Waals surface area contributed by atoms with Crippen LogP contribution >= 0.6 is 0 Å². The van der Waals surface area contributed by atoms with Crippen LogP contribution in [0.25, 0.3) is 27.5 Å². The molecule has 0 radical (unpaired) electrons. The van der Waals surface area contributed by atoms with Gasteiger partial charge in [-0.05, 0) is 55.7 Å². The van der Waals surface area contributed by atoms with Crippen molar-refractivity contribution in [1.29, 1.82) is 5.26 Å². The van der Waals surface area contributed by atoms with Gasteiger partial charge in [-0.2, -0.15) is 10.4 Å². The molecule has 4 aromatic rings. The van der Waals surface area contributed by atoms with Crippen molar-refractivity contribution in [2.24, 2.45) is 0 Å². The summed E-state index contributed by atoms with van der Waals surface area (Å²) >= 11 is 0. The highest BCUT2D eigenvalue weighted by atomic mass is 19.1. The van der Waals surface area contributed by atoms with E-state index < -0.39 is 28.6 Å². The number of hydrogen-bond acceptors (Lipinski definition) is 4. The summed E-state index contributed by atoms with van der Waals surface area (Å²) in [7, 11) is 0. The van der Waals surface area contributed by atoms with Gasteiger partial charge in [0, 0.05) is 39.9 Å². The lowest BCUT2D eigenvalue weighted by Crippen LogP contribution is -2.43. The molecule has 0 spiro atoms. The number of nitrogens with zero attached hydrogens (tertiary/aromatic N) is 3. The van der Waals surface area contributed by atoms with Gasteiger partial charge in [0.05, 0.1) is 24.4 Å². The number of rotatable bonds is 5. The van der Waals surface area contributed by atoms with Gasteiger partial charge in [0.1, 0.15) is 11.3 Å². The molecule has 3 heterocycles. The van der Waals surface area contributed by atoms with Crippen LogP contribution in [-0.2, 0) is 14.9 Å². The number of halogens is 2. The van der Waals surface area contributed by atoms with E-state index in [1.165, 1.54) is 12.1 Å². The molecule has 9 heteroatoms. The van der Waals surface area contributed by atoms with E-state index >= 15 is 4.39 Å². The predicted molar refractivity (Wildman–Crippen MR) is 130 cm³/mol. The van der Waals surface area contributed by atoms with Crippen LogP contribution in [0.2, 0.25) is 0 Å². The second kappa shape index (κ2) is 8.42. The topological polar surface area (TPSA) is 104 Å². The van der Waals surface area contributed by atoms with Crippen LogP contribution in [0.5, 0.6) is 0 Å². The molecular weight excluding hydrogens is 466 g/mol. The lowest BCUT2D eigenvalue weighted by atomic mass is 9.77. The zero-order valence-electron chi connectivity index (χ0n) is 20.2. The number of aromatic nitrogens is 3. The first-order valence-corrected chi connectivity index (χ1v) is 11.8. The van der Waals surface area contributed by atoms with Crippen LogP contribution in [-0.4, -0.2) is 38.0 Å². The van der Waals surface area contributed by atoms with Gasteiger partial charge in [0.2, 0.25) is 0 Å². The Morgan fingerprint density at radius 3 is 2.69 bits per heavy atom. The van der Waals surface area contributed by atoms with E-state index in [0.717, 1.165) is 5.69 Å². The normalized spacial score (nSPS) is 20.6. The fourth-order valence-electron chi connectivity index (χ4n) is 5.32. The molecule has 2 aromatic carbocycles. The van der Waals surface area contributed by atoms with E-state index in [1.807, 2.05) is 24.5 Å². The summed E-state index contributed by atoms with van der Waals surface area (Å²) in [6.45, 7) is 5.47. The predicted octanol–water partition coefficient (Wildman–Crippen LogP) is 5.71. The van der Waals surface area contributed by atoms with Crippen molar-refractivity contribution in [1.82, 2.24) is 14.8 Å². The number of benzene rings is 2. The Balaban J connectivity index is 1.86. The SMILES string of the molecule is CC(C)(CC#N)c1c([C@@H]2CC[C@@](C)(C(=O)O)OC2)c2c(F)c3[nH]ncc3cc2n1-c1ccc(F)cc1. The fraction of sp³-hybridized carbons (Fsp3) is 0.370. The van der Waals surface area contributed by atoms with E-state index in [2.05, 4.69) is 16.3 Å². The highest BCUT2D eigenvalue weighted by molar-refractivity contribution is 6.00. The third-order valence-electron chi connectivity index (χ3n) is 7.33. The maximum Gasteiger partial charge on any atom is 0.335 e. The average molecular weight is 493 g/mol. The third kappa shape index (κ3) is 3.64. The molecule has 186 valence electrons. The first kappa shape index (κ1) is 23.9. The molecule has 0 unspecified atom stereocenters. The molecule has 1 aliphatic rings. The van der Waals surface area contributed by atoms with Crippen molar-refractivity contribution in [2.45, 2.75) is 57.0 Å². The Morgan fingerprint density at radius 1 is 1.36 bits per heavy atom. The van der Waals surface area contributed by atoms with Crippen LogP contribution in [0.1, 0.15) is 57.2 Å². The summed E-state index contributed by atoms with van der Waals surface area (Å²) in [5.74, 6) is -2.23. The maximum atomic E-state index is 16.2. The zero-order chi connectivity index (χ0) is 25.8. The standard InChI is InChI=1S/C27H26F2N4O3/c1-26(2,10-11-30)24-20(15-8-9-27(3,25(34)35)36-14-15)21-19(12-16-13-31-32-23(16)22(21)29)33(24)18-6-4-17(28)5-7-18/h4-7,12-13,15H,8-10,14H2,1-3H3,(H,31,32)(H,34,35)/t15-,27+/m1/s1. The molecule has 2 N–H and O–H groups in total. The minimum Gasteiger partial charge on any atom is -0.479 e. The van der Waals surface area contributed by atoms with Crippen LogP contribution in [0.3, 0.4) is 0 Å². The van der Waals surface area contributed by atoms with Crippen LogP contribution in [0.4, 0.5) is 8.78 Å². The smallest absolute Gasteiger partial charge is 0.335 e. The number of carboxylic acids is 1. The highest BCUT2D eigenvalue weighted by Crippen LogP contribution is 2.47. The first-order valence-electron chi connectivity index (χ1n) is 11.8. The van der Waals surface area contributed by atoms with E-state index in [0.29, 0.717) is 34.0 Å². The lowest BCUT2D eigenvalue weighted by molar-refractivity contribution is -0.170. The van der Waals surface area contributed by atoms with Crippen LogP contribution in [0, 0.1) is 23.0 Å². The van der Waals surface area contributed by atoms with Gasteiger partial charge in [-0.15, -0.1) is 0 Å². The molecule has 0 saturated carbocycles. The number of fused-ring (bicyclic) bond motifs is 2. The molecule has 36 heavy (non-hydrogen) atoms. The molecular formula is C27H26F2N4O3. The fourth-order valence-corrected chi connectivity index (χ4v) is 5.32. The Bertz CT molecular complexity index is 1520. The molecule has 1 aliphatic heterocycles. The number of aromatic amines is 1. The van der Waals surface area contributed by atoms with Gasteiger partial charge >= 0.3 is 5.97 Å². The van der Waals surface area contributed by atoms with Crippen LogP contribution in [0.15, 0.2) is 36.5 Å². The molecule has 0 amide bonds. The number of H-pyrrole nitrogens is 1. The van der Waals surface area contributed by atoms with E-state index in [1.54, 1.807) is 25.3 Å². The Morgan fingerprint density at radius 2 is 2.08 bits per heavy atom. The van der Waals surface area contributed by atoms with Gasteiger partial charge in [-0.3, -0.25) is 5.10 Å². The monoisotopic (exact) mass is 492 g/mol. The van der Waals surface area contributed by atoms with E-state index in [9.17, 15) is 19.6 Å². The Kier molecular flexibility index (Phi) is 5.60. The highest BCUT2D eigenvalue weighted by Gasteiger charge is 2.43. The minimum absolute atomic E-state index is 0.0847. The number of carboxylic acid groups (broad SMARTS) is 1. The number of ether oxygens (including phenoxy) is 1. The summed E-state index contributed by atoms with van der Waals surface area (Å²) < 4.78 is 37.8. The molecule has 2 atom stereocenters. The lowest BCUT2D eigenvalue weighted by Gasteiger charge is -2.36. The number of nitrogens with one attached hydrogen (secondary N) is 1. The number of nitriles is 1. The summed E-state index contributed by atoms with van der Waals surface area (Å²) in [6, 6.07) is 10.0. The summed E-state index contributed by atoms with van der Waals surface area (Å²) in [6.07, 6.45) is 2.41. The van der Waals surface area contributed by atoms with Crippen molar-refractivity contribution < 1.29 is 23.4 Å². The van der Waals surface area contributed by atoms with Gasteiger partial charge < -0.3 is 14.4 Å². The zero-order valence-corrected chi connectivity index (χ0v) is 20.2. The van der Waals surface area contributed by atoms with Crippen molar-refractivity contribution in [3.8, 4) is 11.8 Å². The molecule has 1 saturated heterocycles. The largest absolute Gasteiger partial charge is 0.479 e. The quantitative estimate of drug-likeness (QED) is 0.371. The number of aliphatic carboxylic acids is 1. The maximum absolute atomic E-state index is 16.2. The number of hydrogen-bond donors (Lipinski definition) is 2. The average Bonchev–Trinajstić information content (AvgIpc) is 3.44. The van der Waals surface area contributed by atoms with Gasteiger partial charge in [0.25, 0.3) is 0 Å². The van der Waals surface area contributed by atoms with Gasteiger partial charge in [0.15, 0.2) is 11.4 Å². The van der Waals surface area contributed by atoms with Crippen molar-refractivity contribution in [2.75, 3.05) is 6.61 Å². The van der Waals surface area contributed by atoms with Gasteiger partial charge in [-0.1, -0.05) is 13.8 Å².